The summed E-state index contributed by atoms with van der Waals surface area (Å²) in [6.07, 6.45) is 1.16. The highest BCUT2D eigenvalue weighted by Crippen LogP contribution is 2.15. The molecule has 0 radical (unpaired) electrons. The van der Waals surface area contributed by atoms with E-state index >= 15 is 0 Å². The van der Waals surface area contributed by atoms with Gasteiger partial charge in [-0.1, -0.05) is 72.2 Å². The Labute approximate surface area is 218 Å². The van der Waals surface area contributed by atoms with Crippen LogP contribution < -0.4 is 11.1 Å². The second kappa shape index (κ2) is 15.4. The quantitative estimate of drug-likeness (QED) is 0.298. The first-order valence-electron chi connectivity index (χ1n) is 12.2. The number of rotatable bonds is 16. The Hall–Kier alpha value is -1.78. The van der Waals surface area contributed by atoms with Crippen molar-refractivity contribution in [2.75, 3.05) is 25.4 Å². The standard InChI is InChI=1S/C26H38BrN3O4S/c1-3-14-30(15-4-2)35(32,33)16-13-26(31)34-25(20-29-19-21-9-6-5-7-10-21)24(28)18-22-11-8-12-23(27)17-22/h5-12,17,24-25,29H,3-4,13-16,18-20,28H2,1-2H3. The molecular weight excluding hydrogens is 530 g/mol. The summed E-state index contributed by atoms with van der Waals surface area (Å²) in [5.41, 5.74) is 8.61. The number of ether oxygens (including phenoxy) is 1. The molecule has 2 unspecified atom stereocenters. The molecule has 0 saturated carbocycles. The number of carbonyl (C=O) groups excluding carboxylic acids is 1. The fraction of sp³-hybridized carbons (Fsp3) is 0.500. The maximum absolute atomic E-state index is 12.7. The van der Waals surface area contributed by atoms with Crippen molar-refractivity contribution in [3.05, 3.63) is 70.2 Å². The Balaban J connectivity index is 2.01. The number of hydrogen-bond acceptors (Lipinski definition) is 6. The fourth-order valence-electron chi connectivity index (χ4n) is 3.76. The molecule has 0 saturated heterocycles. The Morgan fingerprint density at radius 1 is 1.06 bits per heavy atom. The van der Waals surface area contributed by atoms with Gasteiger partial charge in [-0.15, -0.1) is 0 Å². The first kappa shape index (κ1) is 29.5. The number of nitrogens with one attached hydrogen (secondary N) is 1. The normalized spacial score (nSPS) is 13.5. The molecule has 0 bridgehead atoms. The maximum Gasteiger partial charge on any atom is 0.307 e. The van der Waals surface area contributed by atoms with E-state index in [9.17, 15) is 13.2 Å². The average molecular weight is 569 g/mol. The van der Waals surface area contributed by atoms with E-state index < -0.39 is 28.1 Å². The molecule has 194 valence electrons. The molecule has 9 heteroatoms. The summed E-state index contributed by atoms with van der Waals surface area (Å²) in [4.78, 5) is 12.7. The molecule has 0 heterocycles. The van der Waals surface area contributed by atoms with E-state index in [-0.39, 0.29) is 12.2 Å². The number of esters is 1. The molecule has 0 spiro atoms. The van der Waals surface area contributed by atoms with Crippen molar-refractivity contribution in [2.45, 2.75) is 58.2 Å². The van der Waals surface area contributed by atoms with E-state index in [1.54, 1.807) is 0 Å². The van der Waals surface area contributed by atoms with E-state index in [1.165, 1.54) is 4.31 Å². The lowest BCUT2D eigenvalue weighted by molar-refractivity contribution is -0.149. The van der Waals surface area contributed by atoms with Gasteiger partial charge in [0.1, 0.15) is 6.10 Å². The minimum atomic E-state index is -3.52. The van der Waals surface area contributed by atoms with Crippen molar-refractivity contribution < 1.29 is 17.9 Å². The van der Waals surface area contributed by atoms with Crippen LogP contribution in [0.2, 0.25) is 0 Å². The summed E-state index contributed by atoms with van der Waals surface area (Å²) in [5.74, 6) is -0.825. The smallest absolute Gasteiger partial charge is 0.307 e. The number of carbonyl (C=O) groups is 1. The van der Waals surface area contributed by atoms with Gasteiger partial charge in [0.2, 0.25) is 10.0 Å². The van der Waals surface area contributed by atoms with E-state index in [4.69, 9.17) is 10.5 Å². The molecule has 3 N–H and O–H groups in total. The van der Waals surface area contributed by atoms with Gasteiger partial charge >= 0.3 is 5.97 Å². The zero-order chi connectivity index (χ0) is 25.7. The maximum atomic E-state index is 12.7. The molecular formula is C26H38BrN3O4S. The highest BCUT2D eigenvalue weighted by molar-refractivity contribution is 9.10. The summed E-state index contributed by atoms with van der Waals surface area (Å²) >= 11 is 3.47. The number of sulfonamides is 1. The second-order valence-electron chi connectivity index (χ2n) is 8.61. The molecule has 7 nitrogen and oxygen atoms in total. The molecule has 0 fully saturated rings. The number of nitrogens with zero attached hydrogens (tertiary/aromatic N) is 1. The second-order valence-corrected chi connectivity index (χ2v) is 11.6. The Morgan fingerprint density at radius 3 is 2.34 bits per heavy atom. The van der Waals surface area contributed by atoms with Crippen LogP contribution in [0.4, 0.5) is 0 Å². The lowest BCUT2D eigenvalue weighted by atomic mass is 10.0. The Bertz CT molecular complexity index is 999. The zero-order valence-corrected chi connectivity index (χ0v) is 23.1. The number of halogens is 1. The monoisotopic (exact) mass is 567 g/mol. The highest BCUT2D eigenvalue weighted by atomic mass is 79.9. The van der Waals surface area contributed by atoms with Gasteiger partial charge in [0.25, 0.3) is 0 Å². The van der Waals surface area contributed by atoms with E-state index in [0.717, 1.165) is 28.4 Å². The SMILES string of the molecule is CCCN(CCC)S(=O)(=O)CCC(=O)OC(CNCc1ccccc1)C(N)Cc1cccc(Br)c1. The summed E-state index contributed by atoms with van der Waals surface area (Å²) in [5, 5.41) is 3.32. The Morgan fingerprint density at radius 2 is 1.71 bits per heavy atom. The van der Waals surface area contributed by atoms with Gasteiger partial charge in [0.05, 0.1) is 12.2 Å². The van der Waals surface area contributed by atoms with Crippen LogP contribution in [0.3, 0.4) is 0 Å². The third-order valence-electron chi connectivity index (χ3n) is 5.54. The molecule has 0 aliphatic carbocycles. The van der Waals surface area contributed by atoms with Crippen molar-refractivity contribution in [1.29, 1.82) is 0 Å². The topological polar surface area (TPSA) is 102 Å². The van der Waals surface area contributed by atoms with Crippen LogP contribution in [0.25, 0.3) is 0 Å². The van der Waals surface area contributed by atoms with Gasteiger partial charge < -0.3 is 15.8 Å². The molecule has 0 aliphatic rings. The van der Waals surface area contributed by atoms with Gasteiger partial charge in [-0.3, -0.25) is 4.79 Å². The summed E-state index contributed by atoms with van der Waals surface area (Å²) in [6.45, 7) is 5.75. The molecule has 2 aromatic rings. The third-order valence-corrected chi connectivity index (χ3v) is 7.91. The van der Waals surface area contributed by atoms with Crippen molar-refractivity contribution in [1.82, 2.24) is 9.62 Å². The lowest BCUT2D eigenvalue weighted by Crippen LogP contribution is -2.46. The Kier molecular flexibility index (Phi) is 12.9. The van der Waals surface area contributed by atoms with Gasteiger partial charge in [-0.05, 0) is 42.5 Å². The van der Waals surface area contributed by atoms with Crippen molar-refractivity contribution in [2.24, 2.45) is 5.73 Å². The van der Waals surface area contributed by atoms with Gasteiger partial charge in [-0.2, -0.15) is 0 Å². The third kappa shape index (κ3) is 10.8. The molecule has 0 aromatic heterocycles. The summed E-state index contributed by atoms with van der Waals surface area (Å²) in [6, 6.07) is 17.3. The van der Waals surface area contributed by atoms with E-state index in [0.29, 0.717) is 32.6 Å². The molecule has 0 amide bonds. The van der Waals surface area contributed by atoms with Gasteiger partial charge in [0.15, 0.2) is 0 Å². The summed E-state index contributed by atoms with van der Waals surface area (Å²) in [7, 11) is -3.52. The zero-order valence-electron chi connectivity index (χ0n) is 20.7. The number of hydrogen-bond donors (Lipinski definition) is 2. The largest absolute Gasteiger partial charge is 0.459 e. The lowest BCUT2D eigenvalue weighted by Gasteiger charge is -2.25. The van der Waals surface area contributed by atoms with Gasteiger partial charge in [-0.25, -0.2) is 12.7 Å². The first-order valence-corrected chi connectivity index (χ1v) is 14.6. The molecule has 0 aliphatic heterocycles. The van der Waals surface area contributed by atoms with Crippen LogP contribution in [0, 0.1) is 0 Å². The first-order chi connectivity index (χ1) is 16.7. The van der Waals surface area contributed by atoms with Crippen LogP contribution in [-0.2, 0) is 32.5 Å². The highest BCUT2D eigenvalue weighted by Gasteiger charge is 2.26. The number of benzene rings is 2. The molecule has 2 rings (SSSR count). The average Bonchev–Trinajstić information content (AvgIpc) is 2.83. The fourth-order valence-corrected chi connectivity index (χ4v) is 5.81. The molecule has 35 heavy (non-hydrogen) atoms. The van der Waals surface area contributed by atoms with Crippen LogP contribution in [0.15, 0.2) is 59.1 Å². The predicted octanol–water partition coefficient (Wildman–Crippen LogP) is 3.86. The van der Waals surface area contributed by atoms with E-state index in [1.807, 2.05) is 68.4 Å². The van der Waals surface area contributed by atoms with Crippen molar-refractivity contribution in [3.63, 3.8) is 0 Å². The van der Waals surface area contributed by atoms with E-state index in [2.05, 4.69) is 21.2 Å². The van der Waals surface area contributed by atoms with Gasteiger partial charge in [0, 0.05) is 36.7 Å². The van der Waals surface area contributed by atoms with Crippen molar-refractivity contribution in [3.8, 4) is 0 Å². The van der Waals surface area contributed by atoms with Crippen LogP contribution >= 0.6 is 15.9 Å². The van der Waals surface area contributed by atoms with Crippen LogP contribution in [-0.4, -0.2) is 56.2 Å². The summed E-state index contributed by atoms with van der Waals surface area (Å²) < 4.78 is 33.6. The molecule has 2 atom stereocenters. The number of nitrogens with two attached hydrogens (primary N) is 1. The minimum absolute atomic E-state index is 0.203. The van der Waals surface area contributed by atoms with Crippen LogP contribution in [0.1, 0.15) is 44.2 Å². The van der Waals surface area contributed by atoms with Crippen LogP contribution in [0.5, 0.6) is 0 Å². The predicted molar refractivity (Wildman–Crippen MR) is 144 cm³/mol. The minimum Gasteiger partial charge on any atom is -0.459 e. The molecule has 2 aromatic carbocycles. The van der Waals surface area contributed by atoms with Crippen molar-refractivity contribution >= 4 is 31.9 Å².